The molecule has 18 heavy (non-hydrogen) atoms. The summed E-state index contributed by atoms with van der Waals surface area (Å²) in [6.45, 7) is 1.48. The van der Waals surface area contributed by atoms with Crippen LogP contribution in [0.4, 0.5) is 5.95 Å². The van der Waals surface area contributed by atoms with Crippen molar-refractivity contribution in [3.63, 3.8) is 0 Å². The van der Waals surface area contributed by atoms with E-state index in [4.69, 9.17) is 14.6 Å². The van der Waals surface area contributed by atoms with E-state index < -0.39 is 5.97 Å². The molecule has 1 fully saturated rings. The van der Waals surface area contributed by atoms with E-state index in [9.17, 15) is 4.79 Å². The van der Waals surface area contributed by atoms with E-state index in [0.717, 1.165) is 0 Å². The summed E-state index contributed by atoms with van der Waals surface area (Å²) >= 11 is 0. The van der Waals surface area contributed by atoms with Crippen LogP contribution in [0.15, 0.2) is 12.3 Å². The molecule has 0 radical (unpaired) electrons. The van der Waals surface area contributed by atoms with Crippen molar-refractivity contribution in [1.29, 1.82) is 0 Å². The maximum absolute atomic E-state index is 10.8. The van der Waals surface area contributed by atoms with Gasteiger partial charge >= 0.3 is 5.97 Å². The molecule has 0 amide bonds. The Morgan fingerprint density at radius 2 is 2.56 bits per heavy atom. The molecular formula is C11H15N3O4. The molecule has 1 aromatic heterocycles. The molecule has 1 unspecified atom stereocenters. The van der Waals surface area contributed by atoms with Gasteiger partial charge in [-0.2, -0.15) is 4.98 Å². The van der Waals surface area contributed by atoms with Crippen molar-refractivity contribution in [3.8, 4) is 5.88 Å². The Morgan fingerprint density at radius 3 is 3.28 bits per heavy atom. The summed E-state index contributed by atoms with van der Waals surface area (Å²) in [5.74, 6) is 0.0721. The molecule has 0 spiro atoms. The van der Waals surface area contributed by atoms with Gasteiger partial charge in [-0.3, -0.25) is 4.79 Å². The van der Waals surface area contributed by atoms with Crippen molar-refractivity contribution >= 4 is 11.9 Å². The second kappa shape index (κ2) is 5.63. The highest BCUT2D eigenvalue weighted by molar-refractivity contribution is 5.68. The summed E-state index contributed by atoms with van der Waals surface area (Å²) in [7, 11) is 1.53. The topological polar surface area (TPSA) is 84.8 Å². The molecule has 1 saturated heterocycles. The summed E-state index contributed by atoms with van der Waals surface area (Å²) in [5, 5.41) is 8.88. The fourth-order valence-electron chi connectivity index (χ4n) is 1.87. The molecular weight excluding hydrogens is 238 g/mol. The van der Waals surface area contributed by atoms with Gasteiger partial charge in [0.1, 0.15) is 0 Å². The van der Waals surface area contributed by atoms with Crippen molar-refractivity contribution in [3.05, 3.63) is 12.3 Å². The van der Waals surface area contributed by atoms with Crippen LogP contribution in [0.5, 0.6) is 5.88 Å². The summed E-state index contributed by atoms with van der Waals surface area (Å²) in [6.07, 6.45) is 1.59. The average molecular weight is 253 g/mol. The molecule has 7 heteroatoms. The van der Waals surface area contributed by atoms with Crippen LogP contribution in [0.1, 0.15) is 6.42 Å². The highest BCUT2D eigenvalue weighted by Crippen LogP contribution is 2.19. The summed E-state index contributed by atoms with van der Waals surface area (Å²) in [4.78, 5) is 21.0. The largest absolute Gasteiger partial charge is 0.481 e. The van der Waals surface area contributed by atoms with Gasteiger partial charge in [-0.05, 0) is 0 Å². The fraction of sp³-hybridized carbons (Fsp3) is 0.545. The Morgan fingerprint density at radius 1 is 1.72 bits per heavy atom. The minimum atomic E-state index is -0.863. The number of hydrogen-bond acceptors (Lipinski definition) is 6. The first-order valence-corrected chi connectivity index (χ1v) is 5.64. The normalized spacial score (nSPS) is 19.6. The molecule has 98 valence electrons. The molecule has 2 rings (SSSR count). The Kier molecular flexibility index (Phi) is 3.93. The standard InChI is InChI=1S/C11H15N3O4/c1-17-9-2-3-12-11(13-9)14-4-5-18-7-8(14)6-10(15)16/h2-3,8H,4-7H2,1H3,(H,15,16). The fourth-order valence-corrected chi connectivity index (χ4v) is 1.87. The molecule has 1 aliphatic rings. The number of ether oxygens (including phenoxy) is 2. The van der Waals surface area contributed by atoms with Gasteiger partial charge in [-0.1, -0.05) is 0 Å². The molecule has 1 N–H and O–H groups in total. The van der Waals surface area contributed by atoms with E-state index >= 15 is 0 Å². The summed E-state index contributed by atoms with van der Waals surface area (Å²) in [5.41, 5.74) is 0. The van der Waals surface area contributed by atoms with E-state index in [1.54, 1.807) is 12.3 Å². The number of morpholine rings is 1. The molecule has 1 aromatic rings. The van der Waals surface area contributed by atoms with Crippen molar-refractivity contribution < 1.29 is 19.4 Å². The predicted octanol–water partition coefficient (Wildman–Crippen LogP) is 0.165. The van der Waals surface area contributed by atoms with Gasteiger partial charge in [0.25, 0.3) is 0 Å². The zero-order valence-electron chi connectivity index (χ0n) is 10.1. The first-order chi connectivity index (χ1) is 8.70. The lowest BCUT2D eigenvalue weighted by Gasteiger charge is -2.34. The van der Waals surface area contributed by atoms with E-state index in [0.29, 0.717) is 31.6 Å². The highest BCUT2D eigenvalue weighted by Gasteiger charge is 2.27. The van der Waals surface area contributed by atoms with Gasteiger partial charge in [-0.25, -0.2) is 4.98 Å². The van der Waals surface area contributed by atoms with Gasteiger partial charge in [0.15, 0.2) is 0 Å². The highest BCUT2D eigenvalue weighted by atomic mass is 16.5. The van der Waals surface area contributed by atoms with Crippen LogP contribution in [0.3, 0.4) is 0 Å². The van der Waals surface area contributed by atoms with Crippen LogP contribution in [-0.4, -0.2) is 54.0 Å². The lowest BCUT2D eigenvalue weighted by molar-refractivity contribution is -0.138. The van der Waals surface area contributed by atoms with Crippen molar-refractivity contribution in [2.75, 3.05) is 31.8 Å². The van der Waals surface area contributed by atoms with Gasteiger partial charge in [0, 0.05) is 18.8 Å². The molecule has 1 aliphatic heterocycles. The lowest BCUT2D eigenvalue weighted by Crippen LogP contribution is -2.47. The Bertz CT molecular complexity index is 427. The van der Waals surface area contributed by atoms with Crippen LogP contribution in [0, 0.1) is 0 Å². The van der Waals surface area contributed by atoms with Crippen LogP contribution in [0.25, 0.3) is 0 Å². The van der Waals surface area contributed by atoms with Gasteiger partial charge in [-0.15, -0.1) is 0 Å². The predicted molar refractivity (Wildman–Crippen MR) is 62.8 cm³/mol. The molecule has 0 bridgehead atoms. The van der Waals surface area contributed by atoms with E-state index in [1.807, 2.05) is 4.90 Å². The number of anilines is 1. The number of nitrogens with zero attached hydrogens (tertiary/aromatic N) is 3. The van der Waals surface area contributed by atoms with Gasteiger partial charge in [0.2, 0.25) is 11.8 Å². The van der Waals surface area contributed by atoms with Crippen molar-refractivity contribution in [2.45, 2.75) is 12.5 Å². The van der Waals surface area contributed by atoms with Crippen LogP contribution < -0.4 is 9.64 Å². The number of aromatic nitrogens is 2. The summed E-state index contributed by atoms with van der Waals surface area (Å²) < 4.78 is 10.3. The number of carboxylic acid groups (broad SMARTS) is 1. The van der Waals surface area contributed by atoms with Crippen LogP contribution in [-0.2, 0) is 9.53 Å². The smallest absolute Gasteiger partial charge is 0.305 e. The summed E-state index contributed by atoms with van der Waals surface area (Å²) in [6, 6.07) is 1.40. The van der Waals surface area contributed by atoms with Crippen LogP contribution >= 0.6 is 0 Å². The molecule has 0 aliphatic carbocycles. The molecule has 1 atom stereocenters. The number of methoxy groups -OCH3 is 1. The quantitative estimate of drug-likeness (QED) is 0.818. The zero-order valence-corrected chi connectivity index (χ0v) is 10.1. The number of rotatable bonds is 4. The Balaban J connectivity index is 2.19. The average Bonchev–Trinajstić information content (AvgIpc) is 2.39. The lowest BCUT2D eigenvalue weighted by atomic mass is 10.1. The van der Waals surface area contributed by atoms with Crippen molar-refractivity contribution in [1.82, 2.24) is 9.97 Å². The third-order valence-corrected chi connectivity index (χ3v) is 2.72. The maximum atomic E-state index is 10.8. The van der Waals surface area contributed by atoms with Crippen LogP contribution in [0.2, 0.25) is 0 Å². The number of aliphatic carboxylic acids is 1. The van der Waals surface area contributed by atoms with Crippen molar-refractivity contribution in [2.24, 2.45) is 0 Å². The molecule has 7 nitrogen and oxygen atoms in total. The van der Waals surface area contributed by atoms with E-state index in [1.165, 1.54) is 7.11 Å². The SMILES string of the molecule is COc1ccnc(N2CCOCC2CC(=O)O)n1. The second-order valence-corrected chi connectivity index (χ2v) is 3.92. The monoisotopic (exact) mass is 253 g/mol. The van der Waals surface area contributed by atoms with E-state index in [2.05, 4.69) is 9.97 Å². The minimum Gasteiger partial charge on any atom is -0.481 e. The first kappa shape index (κ1) is 12.6. The number of carboxylic acids is 1. The minimum absolute atomic E-state index is 0.000565. The number of hydrogen-bond donors (Lipinski definition) is 1. The molecule has 0 aromatic carbocycles. The molecule has 0 saturated carbocycles. The van der Waals surface area contributed by atoms with Gasteiger partial charge < -0.3 is 19.5 Å². The zero-order chi connectivity index (χ0) is 13.0. The Hall–Kier alpha value is -1.89. The second-order valence-electron chi connectivity index (χ2n) is 3.92. The Labute approximate surface area is 104 Å². The van der Waals surface area contributed by atoms with Gasteiger partial charge in [0.05, 0.1) is 32.8 Å². The third kappa shape index (κ3) is 2.86. The maximum Gasteiger partial charge on any atom is 0.305 e. The third-order valence-electron chi connectivity index (χ3n) is 2.72. The molecule has 2 heterocycles. The van der Waals surface area contributed by atoms with E-state index in [-0.39, 0.29) is 12.5 Å². The number of carbonyl (C=O) groups is 1. The first-order valence-electron chi connectivity index (χ1n) is 5.64.